The molecule has 5 heteroatoms. The van der Waals surface area contributed by atoms with E-state index in [0.717, 1.165) is 23.6 Å². The second-order valence-electron chi connectivity index (χ2n) is 7.51. The molecule has 5 rings (SSSR count). The summed E-state index contributed by atoms with van der Waals surface area (Å²) in [5, 5.41) is 11.1. The normalized spacial score (nSPS) is 22.5. The average molecular weight is 369 g/mol. The van der Waals surface area contributed by atoms with Crippen molar-refractivity contribution in [3.05, 3.63) is 106 Å². The van der Waals surface area contributed by atoms with E-state index in [-0.39, 0.29) is 22.1 Å². The fourth-order valence-corrected chi connectivity index (χ4v) is 4.55. The number of non-ortho nitro benzene ring substituents is 1. The van der Waals surface area contributed by atoms with Gasteiger partial charge in [-0.3, -0.25) is 10.1 Å². The largest absolute Gasteiger partial charge is 0.346 e. The highest BCUT2D eigenvalue weighted by Crippen LogP contribution is 2.55. The summed E-state index contributed by atoms with van der Waals surface area (Å²) in [6.07, 6.45) is 0. The molecule has 0 unspecified atom stereocenters. The Balaban J connectivity index is 1.65. The number of para-hydroxylation sites is 1. The number of nitro benzene ring substituents is 1. The van der Waals surface area contributed by atoms with Gasteiger partial charge in [-0.15, -0.1) is 0 Å². The van der Waals surface area contributed by atoms with Crippen LogP contribution in [0.15, 0.2) is 83.9 Å². The van der Waals surface area contributed by atoms with Crippen molar-refractivity contribution in [1.82, 2.24) is 4.90 Å². The summed E-state index contributed by atoms with van der Waals surface area (Å²) in [5.41, 5.74) is 4.32. The first-order chi connectivity index (χ1) is 13.6. The van der Waals surface area contributed by atoms with E-state index in [1.54, 1.807) is 12.1 Å². The zero-order chi connectivity index (χ0) is 19.3. The van der Waals surface area contributed by atoms with E-state index in [4.69, 9.17) is 4.99 Å². The minimum Gasteiger partial charge on any atom is -0.346 e. The van der Waals surface area contributed by atoms with Gasteiger partial charge in [0.25, 0.3) is 5.69 Å². The summed E-state index contributed by atoms with van der Waals surface area (Å²) in [6, 6.07) is 25.6. The van der Waals surface area contributed by atoms with Gasteiger partial charge in [0.1, 0.15) is 5.84 Å². The molecule has 0 spiro atoms. The van der Waals surface area contributed by atoms with Crippen molar-refractivity contribution in [2.75, 3.05) is 0 Å². The van der Waals surface area contributed by atoms with Gasteiger partial charge in [0, 0.05) is 18.7 Å². The highest BCUT2D eigenvalue weighted by atomic mass is 16.6. The maximum atomic E-state index is 11.1. The minimum atomic E-state index is -0.356. The maximum Gasteiger partial charge on any atom is 0.269 e. The third kappa shape index (κ3) is 2.29. The second-order valence-corrected chi connectivity index (χ2v) is 7.51. The zero-order valence-corrected chi connectivity index (χ0v) is 15.4. The number of rotatable bonds is 3. The van der Waals surface area contributed by atoms with Crippen LogP contribution in [0.2, 0.25) is 0 Å². The SMILES string of the molecule is C[C@]1(c2ccccc2)C2=Nc3ccccc3CN2[C@H]1c1ccc([N+](=O)[O-])cc1. The van der Waals surface area contributed by atoms with Crippen LogP contribution in [0.3, 0.4) is 0 Å². The van der Waals surface area contributed by atoms with Crippen LogP contribution in [-0.2, 0) is 12.0 Å². The lowest BCUT2D eigenvalue weighted by atomic mass is 9.64. The Morgan fingerprint density at radius 2 is 1.68 bits per heavy atom. The van der Waals surface area contributed by atoms with Crippen LogP contribution >= 0.6 is 0 Å². The number of nitrogens with zero attached hydrogens (tertiary/aromatic N) is 3. The van der Waals surface area contributed by atoms with Crippen LogP contribution in [0, 0.1) is 10.1 Å². The first kappa shape index (κ1) is 16.7. The summed E-state index contributed by atoms with van der Waals surface area (Å²) < 4.78 is 0. The lowest BCUT2D eigenvalue weighted by Gasteiger charge is -2.59. The van der Waals surface area contributed by atoms with Crippen LogP contribution in [0.1, 0.15) is 29.7 Å². The highest BCUT2D eigenvalue weighted by Gasteiger charge is 2.57. The van der Waals surface area contributed by atoms with Crippen molar-refractivity contribution < 1.29 is 4.92 Å². The van der Waals surface area contributed by atoms with Crippen molar-refractivity contribution >= 4 is 17.2 Å². The molecule has 5 nitrogen and oxygen atoms in total. The van der Waals surface area contributed by atoms with Crippen molar-refractivity contribution in [3.63, 3.8) is 0 Å². The van der Waals surface area contributed by atoms with Gasteiger partial charge >= 0.3 is 0 Å². The van der Waals surface area contributed by atoms with Gasteiger partial charge in [0.05, 0.1) is 22.1 Å². The molecule has 1 saturated heterocycles. The lowest BCUT2D eigenvalue weighted by Crippen LogP contribution is -2.64. The van der Waals surface area contributed by atoms with Gasteiger partial charge in [-0.1, -0.05) is 60.7 Å². The number of hydrogen-bond donors (Lipinski definition) is 0. The topological polar surface area (TPSA) is 58.7 Å². The Hall–Kier alpha value is -3.47. The molecule has 0 N–H and O–H groups in total. The monoisotopic (exact) mass is 369 g/mol. The molecule has 2 aliphatic heterocycles. The fourth-order valence-electron chi connectivity index (χ4n) is 4.55. The smallest absolute Gasteiger partial charge is 0.269 e. The molecule has 28 heavy (non-hydrogen) atoms. The molecule has 2 atom stereocenters. The molecule has 138 valence electrons. The summed E-state index contributed by atoms with van der Waals surface area (Å²) in [6.45, 7) is 3.01. The maximum absolute atomic E-state index is 11.1. The summed E-state index contributed by atoms with van der Waals surface area (Å²) >= 11 is 0. The van der Waals surface area contributed by atoms with Crippen LogP contribution in [0.4, 0.5) is 11.4 Å². The van der Waals surface area contributed by atoms with Crippen LogP contribution in [0.5, 0.6) is 0 Å². The Kier molecular flexibility index (Phi) is 3.59. The molecule has 3 aromatic carbocycles. The van der Waals surface area contributed by atoms with Gasteiger partial charge in [-0.2, -0.15) is 0 Å². The van der Waals surface area contributed by atoms with E-state index in [1.807, 2.05) is 42.5 Å². The first-order valence-corrected chi connectivity index (χ1v) is 9.32. The predicted molar refractivity (Wildman–Crippen MR) is 109 cm³/mol. The molecular weight excluding hydrogens is 350 g/mol. The van der Waals surface area contributed by atoms with Gasteiger partial charge in [0.15, 0.2) is 0 Å². The molecule has 2 heterocycles. The standard InChI is InChI=1S/C23H19N3O2/c1-23(18-8-3-2-4-9-18)21(16-11-13-19(14-12-16)26(27)28)25-15-17-7-5-6-10-20(17)24-22(23)25/h2-14,21H,15H2,1H3/t21-,23+/m0/s1. The molecule has 0 aromatic heterocycles. The average Bonchev–Trinajstić information content (AvgIpc) is 2.74. The Morgan fingerprint density at radius 3 is 2.39 bits per heavy atom. The fraction of sp³-hybridized carbons (Fsp3) is 0.174. The molecule has 3 aromatic rings. The van der Waals surface area contributed by atoms with E-state index in [1.165, 1.54) is 11.1 Å². The van der Waals surface area contributed by atoms with Crippen LogP contribution < -0.4 is 0 Å². The number of benzene rings is 3. The van der Waals surface area contributed by atoms with Crippen molar-refractivity contribution in [2.45, 2.75) is 24.9 Å². The van der Waals surface area contributed by atoms with E-state index in [2.05, 4.69) is 36.1 Å². The van der Waals surface area contributed by atoms with E-state index >= 15 is 0 Å². The number of aliphatic imine (C=N–C) groups is 1. The Morgan fingerprint density at radius 1 is 1.00 bits per heavy atom. The zero-order valence-electron chi connectivity index (χ0n) is 15.4. The molecule has 0 aliphatic carbocycles. The number of fused-ring (bicyclic) bond motifs is 2. The van der Waals surface area contributed by atoms with Crippen molar-refractivity contribution in [3.8, 4) is 0 Å². The molecule has 0 amide bonds. The highest BCUT2D eigenvalue weighted by molar-refractivity contribution is 6.02. The predicted octanol–water partition coefficient (Wildman–Crippen LogP) is 5.15. The van der Waals surface area contributed by atoms with Crippen molar-refractivity contribution in [2.24, 2.45) is 4.99 Å². The van der Waals surface area contributed by atoms with Crippen LogP contribution in [0.25, 0.3) is 0 Å². The van der Waals surface area contributed by atoms with Gasteiger partial charge in [0.2, 0.25) is 0 Å². The van der Waals surface area contributed by atoms with E-state index in [0.29, 0.717) is 0 Å². The first-order valence-electron chi connectivity index (χ1n) is 9.32. The summed E-state index contributed by atoms with van der Waals surface area (Å²) in [5.74, 6) is 1.06. The lowest BCUT2D eigenvalue weighted by molar-refractivity contribution is -0.384. The molecule has 0 bridgehead atoms. The third-order valence-electron chi connectivity index (χ3n) is 5.95. The molecular formula is C23H19N3O2. The number of hydrogen-bond acceptors (Lipinski definition) is 4. The van der Waals surface area contributed by atoms with Crippen LogP contribution in [-0.4, -0.2) is 15.7 Å². The van der Waals surface area contributed by atoms with E-state index in [9.17, 15) is 10.1 Å². The molecule has 0 radical (unpaired) electrons. The molecule has 0 saturated carbocycles. The quantitative estimate of drug-likeness (QED) is 0.474. The van der Waals surface area contributed by atoms with Gasteiger partial charge in [-0.25, -0.2) is 4.99 Å². The Bertz CT molecular complexity index is 1090. The minimum absolute atomic E-state index is 0.0720. The number of nitro groups is 1. The number of amidine groups is 1. The van der Waals surface area contributed by atoms with Gasteiger partial charge in [-0.05, 0) is 29.7 Å². The second kappa shape index (κ2) is 6.02. The van der Waals surface area contributed by atoms with E-state index < -0.39 is 0 Å². The molecule has 2 aliphatic rings. The molecule has 1 fully saturated rings. The third-order valence-corrected chi connectivity index (χ3v) is 5.95. The summed E-state index contributed by atoms with van der Waals surface area (Å²) in [4.78, 5) is 18.0. The van der Waals surface area contributed by atoms with Crippen molar-refractivity contribution in [1.29, 1.82) is 0 Å². The Labute approximate surface area is 163 Å². The van der Waals surface area contributed by atoms with Gasteiger partial charge < -0.3 is 4.90 Å². The summed E-state index contributed by atoms with van der Waals surface area (Å²) in [7, 11) is 0.